The first-order chi connectivity index (χ1) is 12.6. The van der Waals surface area contributed by atoms with E-state index in [4.69, 9.17) is 0 Å². The summed E-state index contributed by atoms with van der Waals surface area (Å²) >= 11 is 0. The molecule has 1 aliphatic heterocycles. The van der Waals surface area contributed by atoms with Crippen LogP contribution >= 0.6 is 24.0 Å². The Hall–Kier alpha value is -0.860. The van der Waals surface area contributed by atoms with Crippen LogP contribution < -0.4 is 10.6 Å². The molecule has 27 heavy (non-hydrogen) atoms. The van der Waals surface area contributed by atoms with Gasteiger partial charge >= 0.3 is 0 Å². The third kappa shape index (κ3) is 8.79. The molecule has 154 valence electrons. The normalized spacial score (nSPS) is 19.0. The molecule has 1 aromatic rings. The molecule has 1 saturated heterocycles. The molecule has 1 unspecified atom stereocenters. The van der Waals surface area contributed by atoms with Gasteiger partial charge in [0.05, 0.1) is 0 Å². The maximum atomic E-state index is 4.64. The van der Waals surface area contributed by atoms with E-state index in [-0.39, 0.29) is 24.0 Å². The molecule has 2 rings (SSSR count). The predicted octanol–water partition coefficient (Wildman–Crippen LogP) is 3.19. The topological polar surface area (TPSA) is 42.9 Å². The lowest BCUT2D eigenvalue weighted by molar-refractivity contribution is 0.0891. The maximum Gasteiger partial charge on any atom is 0.191 e. The van der Waals surface area contributed by atoms with Crippen molar-refractivity contribution < 1.29 is 0 Å². The van der Waals surface area contributed by atoms with Crippen molar-refractivity contribution in [1.29, 1.82) is 0 Å². The highest BCUT2D eigenvalue weighted by molar-refractivity contribution is 14.0. The summed E-state index contributed by atoms with van der Waals surface area (Å²) in [7, 11) is 2.22. The lowest BCUT2D eigenvalue weighted by Gasteiger charge is -2.40. The van der Waals surface area contributed by atoms with Crippen molar-refractivity contribution in [2.24, 2.45) is 10.9 Å². The van der Waals surface area contributed by atoms with Gasteiger partial charge in [0.1, 0.15) is 0 Å². The summed E-state index contributed by atoms with van der Waals surface area (Å²) < 4.78 is 0. The zero-order valence-electron chi connectivity index (χ0n) is 17.4. The number of guanidine groups is 1. The third-order valence-corrected chi connectivity index (χ3v) is 4.75. The smallest absolute Gasteiger partial charge is 0.191 e. The van der Waals surface area contributed by atoms with E-state index in [0.717, 1.165) is 58.2 Å². The molecular weight excluding hydrogens is 449 g/mol. The molecule has 1 heterocycles. The molecule has 0 bridgehead atoms. The van der Waals surface area contributed by atoms with E-state index < -0.39 is 0 Å². The van der Waals surface area contributed by atoms with Crippen LogP contribution in [-0.2, 0) is 0 Å². The standard InChI is InChI=1S/C21H37N5.HI/c1-5-22-21(24-16-18(2)3)23-12-9-13-26-15-14-25(4)17-20(26)19-10-7-6-8-11-19;/h6-8,10-11,18,20H,5,9,12-17H2,1-4H3,(H2,22,23,24);1H. The summed E-state index contributed by atoms with van der Waals surface area (Å²) in [6.07, 6.45) is 1.12. The molecule has 1 aliphatic rings. The van der Waals surface area contributed by atoms with Crippen molar-refractivity contribution in [1.82, 2.24) is 20.4 Å². The summed E-state index contributed by atoms with van der Waals surface area (Å²) in [5.74, 6) is 1.53. The Kier molecular flexibility index (Phi) is 11.9. The molecular formula is C21H38IN5. The van der Waals surface area contributed by atoms with Crippen molar-refractivity contribution in [2.75, 3.05) is 52.9 Å². The number of benzene rings is 1. The van der Waals surface area contributed by atoms with Gasteiger partial charge in [0.2, 0.25) is 0 Å². The Morgan fingerprint density at radius 3 is 2.59 bits per heavy atom. The summed E-state index contributed by atoms with van der Waals surface area (Å²) in [5, 5.41) is 6.82. The number of likely N-dealkylation sites (N-methyl/N-ethyl adjacent to an activating group) is 1. The molecule has 0 spiro atoms. The molecule has 5 nitrogen and oxygen atoms in total. The SMILES string of the molecule is CCNC(=NCC(C)C)NCCCN1CCN(C)CC1c1ccccc1.I. The number of nitrogens with zero attached hydrogens (tertiary/aromatic N) is 3. The van der Waals surface area contributed by atoms with Crippen LogP contribution in [0.3, 0.4) is 0 Å². The van der Waals surface area contributed by atoms with Crippen molar-refractivity contribution in [3.05, 3.63) is 35.9 Å². The first-order valence-electron chi connectivity index (χ1n) is 10.1. The molecule has 1 aromatic carbocycles. The molecule has 0 aromatic heterocycles. The largest absolute Gasteiger partial charge is 0.357 e. The van der Waals surface area contributed by atoms with Crippen LogP contribution in [0.4, 0.5) is 0 Å². The number of rotatable bonds is 8. The minimum absolute atomic E-state index is 0. The molecule has 0 radical (unpaired) electrons. The van der Waals surface area contributed by atoms with Crippen LogP contribution in [0.2, 0.25) is 0 Å². The Balaban J connectivity index is 0.00000364. The fourth-order valence-electron chi connectivity index (χ4n) is 3.32. The molecule has 2 N–H and O–H groups in total. The summed E-state index contributed by atoms with van der Waals surface area (Å²) in [4.78, 5) is 9.72. The van der Waals surface area contributed by atoms with Gasteiger partial charge in [-0.15, -0.1) is 24.0 Å². The fraction of sp³-hybridized carbons (Fsp3) is 0.667. The molecule has 0 saturated carbocycles. The van der Waals surface area contributed by atoms with E-state index in [2.05, 4.69) is 83.6 Å². The Bertz CT molecular complexity index is 535. The zero-order chi connectivity index (χ0) is 18.8. The monoisotopic (exact) mass is 487 g/mol. The molecule has 0 aliphatic carbocycles. The van der Waals surface area contributed by atoms with Crippen molar-refractivity contribution in [2.45, 2.75) is 33.2 Å². The van der Waals surface area contributed by atoms with Gasteiger partial charge in [-0.25, -0.2) is 0 Å². The van der Waals surface area contributed by atoms with Gasteiger partial charge in [0.25, 0.3) is 0 Å². The Labute approximate surface area is 183 Å². The molecule has 1 fully saturated rings. The fourth-order valence-corrected chi connectivity index (χ4v) is 3.32. The second-order valence-corrected chi connectivity index (χ2v) is 7.62. The Morgan fingerprint density at radius 2 is 1.93 bits per heavy atom. The van der Waals surface area contributed by atoms with Gasteiger partial charge in [0.15, 0.2) is 5.96 Å². The van der Waals surface area contributed by atoms with E-state index in [9.17, 15) is 0 Å². The number of hydrogen-bond donors (Lipinski definition) is 2. The van der Waals surface area contributed by atoms with Gasteiger partial charge in [-0.2, -0.15) is 0 Å². The highest BCUT2D eigenvalue weighted by atomic mass is 127. The van der Waals surface area contributed by atoms with Gasteiger partial charge < -0.3 is 15.5 Å². The lowest BCUT2D eigenvalue weighted by Crippen LogP contribution is -2.47. The van der Waals surface area contributed by atoms with Crippen LogP contribution in [0.5, 0.6) is 0 Å². The van der Waals surface area contributed by atoms with Gasteiger partial charge in [0, 0.05) is 51.9 Å². The van der Waals surface area contributed by atoms with Gasteiger partial charge in [-0.05, 0) is 31.9 Å². The van der Waals surface area contributed by atoms with E-state index in [1.807, 2.05) is 0 Å². The molecule has 0 amide bonds. The molecule has 1 atom stereocenters. The van der Waals surface area contributed by atoms with E-state index in [1.165, 1.54) is 5.56 Å². The minimum Gasteiger partial charge on any atom is -0.357 e. The average Bonchev–Trinajstić information content (AvgIpc) is 2.64. The maximum absolute atomic E-state index is 4.64. The van der Waals surface area contributed by atoms with E-state index >= 15 is 0 Å². The van der Waals surface area contributed by atoms with Crippen molar-refractivity contribution >= 4 is 29.9 Å². The van der Waals surface area contributed by atoms with Crippen LogP contribution in [0, 0.1) is 5.92 Å². The number of halogens is 1. The lowest BCUT2D eigenvalue weighted by atomic mass is 10.0. The average molecular weight is 487 g/mol. The summed E-state index contributed by atoms with van der Waals surface area (Å²) in [5.41, 5.74) is 1.43. The van der Waals surface area contributed by atoms with Gasteiger partial charge in [-0.1, -0.05) is 44.2 Å². The number of hydrogen-bond acceptors (Lipinski definition) is 3. The Morgan fingerprint density at radius 1 is 1.19 bits per heavy atom. The number of aliphatic imine (C=N–C) groups is 1. The van der Waals surface area contributed by atoms with Crippen LogP contribution in [0.1, 0.15) is 38.8 Å². The van der Waals surface area contributed by atoms with Crippen LogP contribution in [-0.4, -0.2) is 68.6 Å². The minimum atomic E-state index is 0. The summed E-state index contributed by atoms with van der Waals surface area (Å²) in [6.45, 7) is 13.7. The predicted molar refractivity (Wildman–Crippen MR) is 127 cm³/mol. The van der Waals surface area contributed by atoms with E-state index in [0.29, 0.717) is 12.0 Å². The zero-order valence-corrected chi connectivity index (χ0v) is 19.8. The van der Waals surface area contributed by atoms with Crippen molar-refractivity contribution in [3.8, 4) is 0 Å². The second kappa shape index (κ2) is 13.3. The first-order valence-corrected chi connectivity index (χ1v) is 10.1. The third-order valence-electron chi connectivity index (χ3n) is 4.75. The highest BCUT2D eigenvalue weighted by Crippen LogP contribution is 2.24. The number of nitrogens with one attached hydrogen (secondary N) is 2. The van der Waals surface area contributed by atoms with Crippen LogP contribution in [0.25, 0.3) is 0 Å². The van der Waals surface area contributed by atoms with Crippen molar-refractivity contribution in [3.63, 3.8) is 0 Å². The quantitative estimate of drug-likeness (QED) is 0.256. The number of piperazine rings is 1. The van der Waals surface area contributed by atoms with E-state index in [1.54, 1.807) is 0 Å². The second-order valence-electron chi connectivity index (χ2n) is 7.62. The van der Waals surface area contributed by atoms with Crippen LogP contribution in [0.15, 0.2) is 35.3 Å². The summed E-state index contributed by atoms with van der Waals surface area (Å²) in [6, 6.07) is 11.4. The highest BCUT2D eigenvalue weighted by Gasteiger charge is 2.25. The van der Waals surface area contributed by atoms with Gasteiger partial charge in [-0.3, -0.25) is 9.89 Å². The molecule has 6 heteroatoms. The first kappa shape index (κ1) is 24.2.